The quantitative estimate of drug-likeness (QED) is 0.783. The lowest BCUT2D eigenvalue weighted by atomic mass is 10.2. The molecule has 1 saturated heterocycles. The van der Waals surface area contributed by atoms with Gasteiger partial charge < -0.3 is 16.0 Å². The first-order valence-electron chi connectivity index (χ1n) is 8.10. The van der Waals surface area contributed by atoms with Crippen LogP contribution >= 0.6 is 0 Å². The first-order valence-corrected chi connectivity index (χ1v) is 8.10. The van der Waals surface area contributed by atoms with Crippen LogP contribution in [0.1, 0.15) is 10.4 Å². The monoisotopic (exact) mass is 326 g/mol. The topological polar surface area (TPSA) is 87.4 Å². The fraction of sp³-hybridized carbons (Fsp3) is 0.353. The molecule has 1 aliphatic rings. The van der Waals surface area contributed by atoms with Crippen LogP contribution in [0.15, 0.2) is 42.7 Å². The minimum Gasteiger partial charge on any atom is -0.399 e. The van der Waals surface area contributed by atoms with E-state index in [0.29, 0.717) is 17.8 Å². The SMILES string of the molecule is Nc1cccc(C(=O)NCCN2CCN(c3ncccn3)CC2)c1. The third-order valence-corrected chi connectivity index (χ3v) is 4.07. The number of amides is 1. The van der Waals surface area contributed by atoms with E-state index < -0.39 is 0 Å². The Labute approximate surface area is 141 Å². The molecule has 2 aromatic rings. The van der Waals surface area contributed by atoms with Crippen molar-refractivity contribution in [3.05, 3.63) is 48.3 Å². The number of nitrogen functional groups attached to an aromatic ring is 1. The van der Waals surface area contributed by atoms with Crippen molar-refractivity contribution in [3.63, 3.8) is 0 Å². The smallest absolute Gasteiger partial charge is 0.251 e. The molecule has 3 rings (SSSR count). The highest BCUT2D eigenvalue weighted by Gasteiger charge is 2.18. The minimum absolute atomic E-state index is 0.0846. The van der Waals surface area contributed by atoms with Crippen LogP contribution in [0.4, 0.5) is 11.6 Å². The van der Waals surface area contributed by atoms with Crippen molar-refractivity contribution < 1.29 is 4.79 Å². The molecule has 1 fully saturated rings. The van der Waals surface area contributed by atoms with E-state index in [0.717, 1.165) is 38.7 Å². The Morgan fingerprint density at radius 3 is 2.58 bits per heavy atom. The number of carbonyl (C=O) groups excluding carboxylic acids is 1. The molecule has 24 heavy (non-hydrogen) atoms. The van der Waals surface area contributed by atoms with Gasteiger partial charge >= 0.3 is 0 Å². The van der Waals surface area contributed by atoms with Crippen molar-refractivity contribution in [3.8, 4) is 0 Å². The predicted octanol–water partition coefficient (Wildman–Crippen LogP) is 0.611. The van der Waals surface area contributed by atoms with Crippen molar-refractivity contribution in [1.29, 1.82) is 0 Å². The zero-order chi connectivity index (χ0) is 16.8. The van der Waals surface area contributed by atoms with Crippen molar-refractivity contribution in [2.45, 2.75) is 0 Å². The summed E-state index contributed by atoms with van der Waals surface area (Å²) >= 11 is 0. The molecule has 3 N–H and O–H groups in total. The van der Waals surface area contributed by atoms with Crippen LogP contribution < -0.4 is 16.0 Å². The van der Waals surface area contributed by atoms with Crippen LogP contribution in [0.3, 0.4) is 0 Å². The summed E-state index contributed by atoms with van der Waals surface area (Å²) in [7, 11) is 0. The largest absolute Gasteiger partial charge is 0.399 e. The summed E-state index contributed by atoms with van der Waals surface area (Å²) in [6.07, 6.45) is 3.53. The summed E-state index contributed by atoms with van der Waals surface area (Å²) in [4.78, 5) is 25.1. The molecule has 0 aliphatic carbocycles. The normalized spacial score (nSPS) is 15.2. The Morgan fingerprint density at radius 1 is 1.12 bits per heavy atom. The lowest BCUT2D eigenvalue weighted by Crippen LogP contribution is -2.49. The Balaban J connectivity index is 1.40. The zero-order valence-electron chi connectivity index (χ0n) is 13.6. The molecule has 126 valence electrons. The van der Waals surface area contributed by atoms with Crippen LogP contribution in [0, 0.1) is 0 Å². The number of carbonyl (C=O) groups is 1. The van der Waals surface area contributed by atoms with Gasteiger partial charge in [-0.05, 0) is 24.3 Å². The van der Waals surface area contributed by atoms with Crippen molar-refractivity contribution in [1.82, 2.24) is 20.2 Å². The average Bonchev–Trinajstić information content (AvgIpc) is 2.63. The fourth-order valence-corrected chi connectivity index (χ4v) is 2.74. The number of hydrogen-bond acceptors (Lipinski definition) is 6. The highest BCUT2D eigenvalue weighted by Crippen LogP contribution is 2.09. The maximum atomic E-state index is 12.1. The predicted molar refractivity (Wildman–Crippen MR) is 93.9 cm³/mol. The molecule has 0 unspecified atom stereocenters. The van der Waals surface area contributed by atoms with Gasteiger partial charge in [-0.1, -0.05) is 6.07 Å². The van der Waals surface area contributed by atoms with E-state index in [1.165, 1.54) is 0 Å². The number of benzene rings is 1. The lowest BCUT2D eigenvalue weighted by Gasteiger charge is -2.34. The van der Waals surface area contributed by atoms with Gasteiger partial charge in [0.15, 0.2) is 0 Å². The van der Waals surface area contributed by atoms with Crippen molar-refractivity contribution in [2.24, 2.45) is 0 Å². The lowest BCUT2D eigenvalue weighted by molar-refractivity contribution is 0.0948. The molecule has 2 heterocycles. The van der Waals surface area contributed by atoms with E-state index >= 15 is 0 Å². The second-order valence-electron chi connectivity index (χ2n) is 5.76. The molecule has 1 aromatic heterocycles. The Kier molecular flexibility index (Phi) is 5.22. The second-order valence-corrected chi connectivity index (χ2v) is 5.76. The summed E-state index contributed by atoms with van der Waals surface area (Å²) in [6, 6.07) is 8.84. The molecule has 1 amide bonds. The van der Waals surface area contributed by atoms with Crippen LogP contribution in [-0.4, -0.2) is 60.0 Å². The molecule has 1 aliphatic heterocycles. The third-order valence-electron chi connectivity index (χ3n) is 4.07. The van der Waals surface area contributed by atoms with E-state index in [1.807, 2.05) is 6.07 Å². The fourth-order valence-electron chi connectivity index (χ4n) is 2.74. The second kappa shape index (κ2) is 7.74. The van der Waals surface area contributed by atoms with Crippen molar-refractivity contribution in [2.75, 3.05) is 49.9 Å². The van der Waals surface area contributed by atoms with Crippen LogP contribution in [0.25, 0.3) is 0 Å². The summed E-state index contributed by atoms with van der Waals surface area (Å²) in [5, 5.41) is 2.94. The summed E-state index contributed by atoms with van der Waals surface area (Å²) in [6.45, 7) is 5.12. The van der Waals surface area contributed by atoms with Gasteiger partial charge in [0.05, 0.1) is 0 Å². The minimum atomic E-state index is -0.0846. The van der Waals surface area contributed by atoms with Gasteiger partial charge in [0, 0.05) is 62.9 Å². The maximum Gasteiger partial charge on any atom is 0.251 e. The van der Waals surface area contributed by atoms with E-state index in [2.05, 4.69) is 25.1 Å². The molecular formula is C17H22N6O. The standard InChI is InChI=1S/C17H22N6O/c18-15-4-1-3-14(13-15)16(24)19-7-8-22-9-11-23(12-10-22)17-20-5-2-6-21-17/h1-6,13H,7-12,18H2,(H,19,24). The van der Waals surface area contributed by atoms with Gasteiger partial charge in [-0.25, -0.2) is 9.97 Å². The van der Waals surface area contributed by atoms with Gasteiger partial charge in [-0.15, -0.1) is 0 Å². The Bertz CT molecular complexity index is 670. The molecule has 0 atom stereocenters. The van der Waals surface area contributed by atoms with Crippen LogP contribution in [0.2, 0.25) is 0 Å². The molecule has 0 spiro atoms. The van der Waals surface area contributed by atoms with Gasteiger partial charge in [-0.3, -0.25) is 9.69 Å². The Hall–Kier alpha value is -2.67. The van der Waals surface area contributed by atoms with Crippen LogP contribution in [0.5, 0.6) is 0 Å². The number of rotatable bonds is 5. The first kappa shape index (κ1) is 16.2. The number of nitrogens with zero attached hydrogens (tertiary/aromatic N) is 4. The van der Waals surface area contributed by atoms with E-state index in [9.17, 15) is 4.79 Å². The highest BCUT2D eigenvalue weighted by molar-refractivity contribution is 5.94. The van der Waals surface area contributed by atoms with Gasteiger partial charge in [-0.2, -0.15) is 0 Å². The number of aromatic nitrogens is 2. The highest BCUT2D eigenvalue weighted by atomic mass is 16.1. The average molecular weight is 326 g/mol. The summed E-state index contributed by atoms with van der Waals surface area (Å²) in [5.74, 6) is 0.700. The molecule has 0 bridgehead atoms. The molecular weight excluding hydrogens is 304 g/mol. The van der Waals surface area contributed by atoms with E-state index in [1.54, 1.807) is 36.7 Å². The van der Waals surface area contributed by atoms with Crippen LogP contribution in [-0.2, 0) is 0 Å². The van der Waals surface area contributed by atoms with Gasteiger partial charge in [0.25, 0.3) is 5.91 Å². The third kappa shape index (κ3) is 4.20. The molecule has 7 heteroatoms. The Morgan fingerprint density at radius 2 is 1.88 bits per heavy atom. The van der Waals surface area contributed by atoms with Gasteiger partial charge in [0.2, 0.25) is 5.95 Å². The summed E-state index contributed by atoms with van der Waals surface area (Å²) < 4.78 is 0. The molecule has 1 aromatic carbocycles. The molecule has 0 radical (unpaired) electrons. The van der Waals surface area contributed by atoms with Crippen molar-refractivity contribution >= 4 is 17.5 Å². The first-order chi connectivity index (χ1) is 11.7. The zero-order valence-corrected chi connectivity index (χ0v) is 13.6. The van der Waals surface area contributed by atoms with Gasteiger partial charge in [0.1, 0.15) is 0 Å². The molecule has 0 saturated carbocycles. The van der Waals surface area contributed by atoms with E-state index in [-0.39, 0.29) is 5.91 Å². The molecule has 7 nitrogen and oxygen atoms in total. The number of nitrogens with one attached hydrogen (secondary N) is 1. The number of nitrogens with two attached hydrogens (primary N) is 1. The number of piperazine rings is 1. The number of hydrogen-bond donors (Lipinski definition) is 2. The number of anilines is 2. The van der Waals surface area contributed by atoms with E-state index in [4.69, 9.17) is 5.73 Å². The summed E-state index contributed by atoms with van der Waals surface area (Å²) in [5.41, 5.74) is 6.90. The maximum absolute atomic E-state index is 12.1.